The molecule has 2 aliphatic rings. The van der Waals surface area contributed by atoms with E-state index >= 15 is 0 Å². The van der Waals surface area contributed by atoms with Crippen LogP contribution in [-0.2, 0) is 0 Å². The lowest BCUT2D eigenvalue weighted by Crippen LogP contribution is -2.38. The lowest BCUT2D eigenvalue weighted by molar-refractivity contribution is 0.0898. The first-order chi connectivity index (χ1) is 15.5. The number of piperidine rings is 1. The maximum absolute atomic E-state index is 13.3. The number of carbonyl (C=O) groups is 1. The molecule has 1 aromatic carbocycles. The van der Waals surface area contributed by atoms with Gasteiger partial charge in [-0.1, -0.05) is 5.16 Å². The van der Waals surface area contributed by atoms with Gasteiger partial charge in [-0.3, -0.25) is 9.69 Å². The number of fused-ring (bicyclic) bond motifs is 1. The molecule has 0 radical (unpaired) electrons. The Labute approximate surface area is 187 Å². The normalized spacial score (nSPS) is 18.7. The van der Waals surface area contributed by atoms with Crippen LogP contribution in [0.3, 0.4) is 0 Å². The van der Waals surface area contributed by atoms with Crippen molar-refractivity contribution in [2.24, 2.45) is 0 Å². The van der Waals surface area contributed by atoms with E-state index in [2.05, 4.69) is 19.6 Å². The third kappa shape index (κ3) is 3.90. The van der Waals surface area contributed by atoms with Gasteiger partial charge in [0.15, 0.2) is 23.1 Å². The maximum Gasteiger partial charge on any atom is 0.231 e. The SMILES string of the molecule is Cc1noc(C2CCCN(CC(=O)c3cc(C)n(-c4ccc5c(c4)OCCO5)c3C)C2)n1. The highest BCUT2D eigenvalue weighted by Crippen LogP contribution is 2.33. The first-order valence-electron chi connectivity index (χ1n) is 11.1. The number of hydrogen-bond donors (Lipinski definition) is 0. The second kappa shape index (κ2) is 8.43. The Bertz CT molecular complexity index is 1150. The van der Waals surface area contributed by atoms with Crippen molar-refractivity contribution in [2.45, 2.75) is 39.5 Å². The van der Waals surface area contributed by atoms with Crippen LogP contribution in [0, 0.1) is 20.8 Å². The van der Waals surface area contributed by atoms with Crippen molar-refractivity contribution >= 4 is 5.78 Å². The molecular weight excluding hydrogens is 408 g/mol. The minimum Gasteiger partial charge on any atom is -0.486 e. The lowest BCUT2D eigenvalue weighted by Gasteiger charge is -2.30. The van der Waals surface area contributed by atoms with Gasteiger partial charge in [0.1, 0.15) is 13.2 Å². The van der Waals surface area contributed by atoms with Crippen molar-refractivity contribution in [1.82, 2.24) is 19.6 Å². The van der Waals surface area contributed by atoms with E-state index in [1.54, 1.807) is 0 Å². The van der Waals surface area contributed by atoms with E-state index in [4.69, 9.17) is 14.0 Å². The lowest BCUT2D eigenvalue weighted by atomic mass is 9.97. The average Bonchev–Trinajstić information content (AvgIpc) is 3.36. The summed E-state index contributed by atoms with van der Waals surface area (Å²) in [4.78, 5) is 19.8. The molecule has 8 nitrogen and oxygen atoms in total. The zero-order chi connectivity index (χ0) is 22.2. The number of benzene rings is 1. The van der Waals surface area contributed by atoms with Crippen LogP contribution in [0.25, 0.3) is 5.69 Å². The van der Waals surface area contributed by atoms with Crippen molar-refractivity contribution in [3.63, 3.8) is 0 Å². The molecule has 1 saturated heterocycles. The number of aryl methyl sites for hydroxylation is 2. The molecule has 5 rings (SSSR count). The Hall–Kier alpha value is -3.13. The van der Waals surface area contributed by atoms with E-state index in [0.29, 0.717) is 31.5 Å². The van der Waals surface area contributed by atoms with Crippen molar-refractivity contribution in [2.75, 3.05) is 32.8 Å². The second-order valence-corrected chi connectivity index (χ2v) is 8.63. The molecule has 3 aromatic rings. The molecule has 0 aliphatic carbocycles. The Morgan fingerprint density at radius 1 is 1.12 bits per heavy atom. The first kappa shape index (κ1) is 20.8. The molecule has 32 heavy (non-hydrogen) atoms. The molecular formula is C24H28N4O4. The Morgan fingerprint density at radius 2 is 1.94 bits per heavy atom. The topological polar surface area (TPSA) is 82.6 Å². The number of nitrogens with zero attached hydrogens (tertiary/aromatic N) is 4. The Kier molecular flexibility index (Phi) is 5.46. The number of Topliss-reactive ketones (excluding diaryl/α,β-unsaturated/α-hetero) is 1. The van der Waals surface area contributed by atoms with Gasteiger partial charge in [-0.05, 0) is 58.4 Å². The molecule has 4 heterocycles. The summed E-state index contributed by atoms with van der Waals surface area (Å²) in [6.07, 6.45) is 2.01. The van der Waals surface area contributed by atoms with Crippen molar-refractivity contribution in [1.29, 1.82) is 0 Å². The molecule has 168 valence electrons. The zero-order valence-electron chi connectivity index (χ0n) is 18.8. The smallest absolute Gasteiger partial charge is 0.231 e. The first-order valence-corrected chi connectivity index (χ1v) is 11.1. The Balaban J connectivity index is 1.34. The number of aromatic nitrogens is 3. The van der Waals surface area contributed by atoms with Crippen LogP contribution in [-0.4, -0.2) is 58.2 Å². The molecule has 0 saturated carbocycles. The summed E-state index contributed by atoms with van der Waals surface area (Å²) in [5, 5.41) is 3.91. The van der Waals surface area contributed by atoms with Gasteiger partial charge in [0.2, 0.25) is 5.89 Å². The summed E-state index contributed by atoms with van der Waals surface area (Å²) >= 11 is 0. The van der Waals surface area contributed by atoms with E-state index in [0.717, 1.165) is 60.1 Å². The molecule has 0 N–H and O–H groups in total. The minimum absolute atomic E-state index is 0.129. The summed E-state index contributed by atoms with van der Waals surface area (Å²) in [7, 11) is 0. The number of rotatable bonds is 5. The van der Waals surface area contributed by atoms with Crippen LogP contribution in [0.2, 0.25) is 0 Å². The maximum atomic E-state index is 13.3. The van der Waals surface area contributed by atoms with Crippen LogP contribution < -0.4 is 9.47 Å². The fourth-order valence-corrected chi connectivity index (χ4v) is 4.78. The van der Waals surface area contributed by atoms with Gasteiger partial charge in [-0.25, -0.2) is 0 Å². The number of hydrogen-bond acceptors (Lipinski definition) is 7. The summed E-state index contributed by atoms with van der Waals surface area (Å²) in [5.41, 5.74) is 3.67. The number of ketones is 1. The van der Waals surface area contributed by atoms with Crippen molar-refractivity contribution < 1.29 is 18.8 Å². The summed E-state index contributed by atoms with van der Waals surface area (Å²) in [6.45, 7) is 9.00. The highest BCUT2D eigenvalue weighted by molar-refractivity contribution is 5.99. The van der Waals surface area contributed by atoms with E-state index in [1.807, 2.05) is 45.0 Å². The van der Waals surface area contributed by atoms with Crippen LogP contribution in [0.5, 0.6) is 11.5 Å². The van der Waals surface area contributed by atoms with Gasteiger partial charge in [-0.15, -0.1) is 0 Å². The highest BCUT2D eigenvalue weighted by Gasteiger charge is 2.28. The van der Waals surface area contributed by atoms with Gasteiger partial charge in [-0.2, -0.15) is 4.98 Å². The Morgan fingerprint density at radius 3 is 2.72 bits per heavy atom. The van der Waals surface area contributed by atoms with E-state index in [1.165, 1.54) is 0 Å². The van der Waals surface area contributed by atoms with Crippen LogP contribution >= 0.6 is 0 Å². The third-order valence-corrected chi connectivity index (χ3v) is 6.28. The molecule has 2 aromatic heterocycles. The highest BCUT2D eigenvalue weighted by atomic mass is 16.6. The average molecular weight is 437 g/mol. The van der Waals surface area contributed by atoms with Gasteiger partial charge >= 0.3 is 0 Å². The second-order valence-electron chi connectivity index (χ2n) is 8.63. The number of ether oxygens (including phenoxy) is 2. The molecule has 0 bridgehead atoms. The molecule has 1 fully saturated rings. The van der Waals surface area contributed by atoms with Gasteiger partial charge in [0, 0.05) is 35.2 Å². The van der Waals surface area contributed by atoms with Gasteiger partial charge in [0.05, 0.1) is 12.5 Å². The fourth-order valence-electron chi connectivity index (χ4n) is 4.78. The largest absolute Gasteiger partial charge is 0.486 e. The summed E-state index contributed by atoms with van der Waals surface area (Å²) < 4.78 is 18.9. The monoisotopic (exact) mass is 436 g/mol. The molecule has 2 aliphatic heterocycles. The molecule has 0 spiro atoms. The van der Waals surface area contributed by atoms with Crippen molar-refractivity contribution in [3.05, 3.63) is 52.9 Å². The zero-order valence-corrected chi connectivity index (χ0v) is 18.8. The quantitative estimate of drug-likeness (QED) is 0.565. The van der Waals surface area contributed by atoms with Crippen LogP contribution in [0.15, 0.2) is 28.8 Å². The van der Waals surface area contributed by atoms with E-state index in [-0.39, 0.29) is 11.7 Å². The van der Waals surface area contributed by atoms with Gasteiger partial charge < -0.3 is 18.6 Å². The molecule has 8 heteroatoms. The fraction of sp³-hybridized carbons (Fsp3) is 0.458. The predicted octanol–water partition coefficient (Wildman–Crippen LogP) is 3.62. The van der Waals surface area contributed by atoms with E-state index in [9.17, 15) is 4.79 Å². The molecule has 1 atom stereocenters. The standard InChI is InChI=1S/C24H28N4O4/c1-15-11-20(16(2)28(15)19-6-7-22-23(12-19)31-10-9-30-22)21(29)14-27-8-4-5-18(13-27)24-25-17(3)26-32-24/h6-7,11-12,18H,4-5,8-10,13-14H2,1-3H3. The minimum atomic E-state index is 0.129. The third-order valence-electron chi connectivity index (χ3n) is 6.28. The predicted molar refractivity (Wildman–Crippen MR) is 118 cm³/mol. The van der Waals surface area contributed by atoms with Crippen LogP contribution in [0.4, 0.5) is 0 Å². The van der Waals surface area contributed by atoms with Crippen molar-refractivity contribution in [3.8, 4) is 17.2 Å². The molecule has 1 unspecified atom stereocenters. The summed E-state index contributed by atoms with van der Waals surface area (Å²) in [6, 6.07) is 7.89. The molecule has 0 amide bonds. The van der Waals surface area contributed by atoms with E-state index < -0.39 is 0 Å². The van der Waals surface area contributed by atoms with Gasteiger partial charge in [0.25, 0.3) is 0 Å². The number of likely N-dealkylation sites (tertiary alicyclic amines) is 1. The summed E-state index contributed by atoms with van der Waals surface area (Å²) in [5.74, 6) is 3.14. The number of carbonyl (C=O) groups excluding carboxylic acids is 1. The van der Waals surface area contributed by atoms with Crippen LogP contribution in [0.1, 0.15) is 52.2 Å².